The van der Waals surface area contributed by atoms with Crippen LogP contribution in [0.5, 0.6) is 0 Å². The molecule has 0 aromatic rings. The highest BCUT2D eigenvalue weighted by Crippen LogP contribution is 2.51. The third-order valence-corrected chi connectivity index (χ3v) is 5.17. The molecule has 2 fully saturated rings. The summed E-state index contributed by atoms with van der Waals surface area (Å²) < 4.78 is 52.7. The van der Waals surface area contributed by atoms with Crippen LogP contribution in [0, 0.1) is 11.8 Å². The van der Waals surface area contributed by atoms with Crippen molar-refractivity contribution in [2.45, 2.75) is 61.6 Å². The maximum Gasteiger partial charge on any atom is 0.310 e. The Bertz CT molecular complexity index is 272. The normalized spacial score (nSPS) is 41.1. The second-order valence-corrected chi connectivity index (χ2v) is 6.72. The second-order valence-electron chi connectivity index (χ2n) is 5.42. The zero-order chi connectivity index (χ0) is 12.7. The Morgan fingerprint density at radius 3 is 1.88 bits per heavy atom. The van der Waals surface area contributed by atoms with Crippen LogP contribution in [0.1, 0.15) is 44.9 Å². The van der Waals surface area contributed by atoms with Gasteiger partial charge in [-0.15, -0.1) is 0 Å². The van der Waals surface area contributed by atoms with Gasteiger partial charge in [0.1, 0.15) is 0 Å². The maximum atomic E-state index is 13.3. The first-order chi connectivity index (χ1) is 7.82. The maximum absolute atomic E-state index is 13.3. The Kier molecular flexibility index (Phi) is 3.77. The molecule has 0 radical (unpaired) electrons. The number of halogens is 5. The number of hydrogen-bond acceptors (Lipinski definition) is 0. The van der Waals surface area contributed by atoms with E-state index in [1.165, 1.54) is 0 Å². The van der Waals surface area contributed by atoms with Crippen LogP contribution < -0.4 is 0 Å². The first kappa shape index (κ1) is 13.6. The minimum Gasteiger partial charge on any atom is -0.200 e. The van der Waals surface area contributed by atoms with Crippen LogP contribution in [0.25, 0.3) is 0 Å². The van der Waals surface area contributed by atoms with Crippen LogP contribution in [0.3, 0.4) is 0 Å². The molecule has 0 aromatic carbocycles. The van der Waals surface area contributed by atoms with Crippen LogP contribution in [-0.2, 0) is 0 Å². The van der Waals surface area contributed by atoms with Crippen molar-refractivity contribution in [3.8, 4) is 0 Å². The summed E-state index contributed by atoms with van der Waals surface area (Å²) in [4.78, 5) is 0.476. The number of rotatable bonds is 1. The Hall–Kier alpha value is 0.200. The Balaban J connectivity index is 1.96. The quantitative estimate of drug-likeness (QED) is 0.471. The molecule has 17 heavy (non-hydrogen) atoms. The van der Waals surface area contributed by atoms with E-state index in [0.717, 1.165) is 25.7 Å². The molecule has 1 unspecified atom stereocenters. The summed E-state index contributed by atoms with van der Waals surface area (Å²) in [6.07, 6.45) is 2.70. The molecule has 0 N–H and O–H groups in total. The fourth-order valence-electron chi connectivity index (χ4n) is 3.08. The van der Waals surface area contributed by atoms with Gasteiger partial charge in [-0.2, -0.15) is 17.6 Å². The Morgan fingerprint density at radius 1 is 0.765 bits per heavy atom. The predicted molar refractivity (Wildman–Crippen MR) is 61.9 cm³/mol. The van der Waals surface area contributed by atoms with E-state index < -0.39 is 24.7 Å². The number of alkyl halides is 5. The molecule has 2 saturated carbocycles. The molecule has 0 aliphatic heterocycles. The molecule has 2 aliphatic carbocycles. The highest BCUT2D eigenvalue weighted by atomic mass is 79.9. The molecular weight excluding hydrogens is 300 g/mol. The lowest BCUT2D eigenvalue weighted by Crippen LogP contribution is -2.47. The minimum atomic E-state index is -3.80. The predicted octanol–water partition coefficient (Wildman–Crippen LogP) is 5.01. The molecule has 0 heterocycles. The van der Waals surface area contributed by atoms with Crippen molar-refractivity contribution in [3.63, 3.8) is 0 Å². The average Bonchev–Trinajstić information content (AvgIpc) is 2.23. The van der Waals surface area contributed by atoms with Crippen molar-refractivity contribution in [1.29, 1.82) is 0 Å². The molecule has 0 saturated heterocycles. The first-order valence-electron chi connectivity index (χ1n) is 6.21. The smallest absolute Gasteiger partial charge is 0.200 e. The molecule has 0 nitrogen and oxygen atoms in total. The molecular formula is C12H17BrF4. The van der Waals surface area contributed by atoms with E-state index in [-0.39, 0.29) is 18.3 Å². The monoisotopic (exact) mass is 316 g/mol. The summed E-state index contributed by atoms with van der Waals surface area (Å²) in [5.41, 5.74) is 0. The van der Waals surface area contributed by atoms with Gasteiger partial charge in [0.25, 0.3) is 0 Å². The van der Waals surface area contributed by atoms with E-state index in [4.69, 9.17) is 0 Å². The van der Waals surface area contributed by atoms with Crippen LogP contribution in [0.4, 0.5) is 17.6 Å². The van der Waals surface area contributed by atoms with Gasteiger partial charge in [0, 0.05) is 17.7 Å². The van der Waals surface area contributed by atoms with E-state index in [9.17, 15) is 17.6 Å². The standard InChI is InChI=1S/C12H17BrF4/c13-10-3-1-8(2-4-10)9-5-6-11(14,15)12(16,17)7-9/h8-10H,1-7H2. The van der Waals surface area contributed by atoms with Crippen molar-refractivity contribution in [3.05, 3.63) is 0 Å². The molecule has 2 rings (SSSR count). The highest BCUT2D eigenvalue weighted by Gasteiger charge is 2.59. The van der Waals surface area contributed by atoms with Crippen LogP contribution in [0.15, 0.2) is 0 Å². The van der Waals surface area contributed by atoms with Crippen molar-refractivity contribution in [2.75, 3.05) is 0 Å². The summed E-state index contributed by atoms with van der Waals surface area (Å²) >= 11 is 3.51. The SMILES string of the molecule is FC1(F)CCC(C2CCC(Br)CC2)CC1(F)F. The van der Waals surface area contributed by atoms with Gasteiger partial charge >= 0.3 is 11.8 Å². The molecule has 0 aromatic heterocycles. The van der Waals surface area contributed by atoms with E-state index >= 15 is 0 Å². The Labute approximate surface area is 107 Å². The van der Waals surface area contributed by atoms with Crippen molar-refractivity contribution < 1.29 is 17.6 Å². The van der Waals surface area contributed by atoms with Gasteiger partial charge in [0.05, 0.1) is 0 Å². The van der Waals surface area contributed by atoms with Gasteiger partial charge in [-0.25, -0.2) is 0 Å². The molecule has 0 bridgehead atoms. The third kappa shape index (κ3) is 2.79. The largest absolute Gasteiger partial charge is 0.310 e. The van der Waals surface area contributed by atoms with Gasteiger partial charge < -0.3 is 0 Å². The minimum absolute atomic E-state index is 0.214. The third-order valence-electron chi connectivity index (χ3n) is 4.25. The van der Waals surface area contributed by atoms with Gasteiger partial charge in [0.2, 0.25) is 0 Å². The summed E-state index contributed by atoms with van der Waals surface area (Å²) in [7, 11) is 0. The van der Waals surface area contributed by atoms with Gasteiger partial charge in [-0.1, -0.05) is 15.9 Å². The van der Waals surface area contributed by atoms with Gasteiger partial charge in [-0.3, -0.25) is 0 Å². The Morgan fingerprint density at radius 2 is 1.35 bits per heavy atom. The average molecular weight is 317 g/mol. The van der Waals surface area contributed by atoms with Crippen molar-refractivity contribution in [1.82, 2.24) is 0 Å². The fourth-order valence-corrected chi connectivity index (χ4v) is 3.61. The number of hydrogen-bond donors (Lipinski definition) is 0. The van der Waals surface area contributed by atoms with Crippen LogP contribution in [0.2, 0.25) is 0 Å². The zero-order valence-corrected chi connectivity index (χ0v) is 11.2. The summed E-state index contributed by atoms with van der Waals surface area (Å²) in [5.74, 6) is -7.60. The first-order valence-corrected chi connectivity index (χ1v) is 7.13. The topological polar surface area (TPSA) is 0 Å². The molecule has 0 spiro atoms. The van der Waals surface area contributed by atoms with Crippen molar-refractivity contribution >= 4 is 15.9 Å². The fraction of sp³-hybridized carbons (Fsp3) is 1.00. The zero-order valence-electron chi connectivity index (χ0n) is 9.57. The van der Waals surface area contributed by atoms with E-state index in [1.807, 2.05) is 0 Å². The van der Waals surface area contributed by atoms with E-state index in [1.54, 1.807) is 0 Å². The lowest BCUT2D eigenvalue weighted by Gasteiger charge is -2.40. The summed E-state index contributed by atoms with van der Waals surface area (Å²) in [5, 5.41) is 0. The lowest BCUT2D eigenvalue weighted by atomic mass is 9.71. The van der Waals surface area contributed by atoms with E-state index in [2.05, 4.69) is 15.9 Å². The molecule has 2 aliphatic rings. The highest BCUT2D eigenvalue weighted by molar-refractivity contribution is 9.09. The second kappa shape index (κ2) is 4.71. The molecule has 1 atom stereocenters. The van der Waals surface area contributed by atoms with Gasteiger partial charge in [0.15, 0.2) is 0 Å². The van der Waals surface area contributed by atoms with Crippen molar-refractivity contribution in [2.24, 2.45) is 11.8 Å². The van der Waals surface area contributed by atoms with Gasteiger partial charge in [-0.05, 0) is 43.9 Å². The molecule has 100 valence electrons. The summed E-state index contributed by atoms with van der Waals surface area (Å²) in [6.45, 7) is 0. The lowest BCUT2D eigenvalue weighted by molar-refractivity contribution is -0.241. The summed E-state index contributed by atoms with van der Waals surface area (Å²) in [6, 6.07) is 0. The van der Waals surface area contributed by atoms with Crippen LogP contribution in [-0.4, -0.2) is 16.7 Å². The molecule has 0 amide bonds. The van der Waals surface area contributed by atoms with E-state index in [0.29, 0.717) is 4.83 Å². The van der Waals surface area contributed by atoms with Crippen LogP contribution >= 0.6 is 15.9 Å². The molecule has 5 heteroatoms.